The van der Waals surface area contributed by atoms with E-state index in [2.05, 4.69) is 10.6 Å². The third-order valence-electron chi connectivity index (χ3n) is 4.89. The maximum absolute atomic E-state index is 12.5. The lowest BCUT2D eigenvalue weighted by Crippen LogP contribution is -2.22. The van der Waals surface area contributed by atoms with Gasteiger partial charge in [0.25, 0.3) is 11.8 Å². The first-order valence-electron chi connectivity index (χ1n) is 10.8. The minimum atomic E-state index is -0.801. The van der Waals surface area contributed by atoms with E-state index in [1.54, 1.807) is 61.5 Å². The van der Waals surface area contributed by atoms with Crippen molar-refractivity contribution >= 4 is 23.7 Å². The second-order valence-corrected chi connectivity index (χ2v) is 7.21. The predicted octanol–water partition coefficient (Wildman–Crippen LogP) is 4.42. The molecule has 0 aliphatic heterocycles. The highest BCUT2D eigenvalue weighted by Crippen LogP contribution is 2.27. The molecule has 0 bridgehead atoms. The number of anilines is 1. The number of amides is 2. The van der Waals surface area contributed by atoms with Crippen LogP contribution in [0.2, 0.25) is 0 Å². The largest absolute Gasteiger partial charge is 0.513 e. The number of hydrogen-bond acceptors (Lipinski definition) is 7. The van der Waals surface area contributed by atoms with Crippen molar-refractivity contribution in [2.75, 3.05) is 26.1 Å². The lowest BCUT2D eigenvalue weighted by Gasteiger charge is -2.11. The molecule has 0 aromatic heterocycles. The Kier molecular flexibility index (Phi) is 8.66. The van der Waals surface area contributed by atoms with Crippen LogP contribution in [0.15, 0.2) is 66.7 Å². The number of carbonyl (C=O) groups is 3. The van der Waals surface area contributed by atoms with Gasteiger partial charge in [-0.2, -0.15) is 0 Å². The molecular formula is C26H26N2O7. The van der Waals surface area contributed by atoms with Crippen molar-refractivity contribution in [2.24, 2.45) is 0 Å². The first kappa shape index (κ1) is 25.1. The van der Waals surface area contributed by atoms with Gasteiger partial charge < -0.3 is 29.6 Å². The molecule has 3 rings (SSSR count). The highest BCUT2D eigenvalue weighted by Gasteiger charge is 2.11. The Bertz CT molecular complexity index is 1180. The average Bonchev–Trinajstić information content (AvgIpc) is 2.88. The highest BCUT2D eigenvalue weighted by atomic mass is 16.7. The fourth-order valence-corrected chi connectivity index (χ4v) is 3.09. The summed E-state index contributed by atoms with van der Waals surface area (Å²) in [6, 6.07) is 18.2. The van der Waals surface area contributed by atoms with Gasteiger partial charge in [-0.3, -0.25) is 9.59 Å². The average molecular weight is 479 g/mol. The molecule has 3 aromatic rings. The van der Waals surface area contributed by atoms with Crippen molar-refractivity contribution in [3.8, 4) is 17.2 Å². The first-order chi connectivity index (χ1) is 16.9. The van der Waals surface area contributed by atoms with E-state index in [4.69, 9.17) is 18.9 Å². The molecule has 9 heteroatoms. The number of rotatable bonds is 9. The zero-order chi connectivity index (χ0) is 25.2. The molecule has 0 heterocycles. The quantitative estimate of drug-likeness (QED) is 0.346. The van der Waals surface area contributed by atoms with Crippen LogP contribution in [-0.2, 0) is 11.3 Å². The van der Waals surface area contributed by atoms with Crippen LogP contribution < -0.4 is 24.8 Å². The molecule has 182 valence electrons. The summed E-state index contributed by atoms with van der Waals surface area (Å²) in [5.41, 5.74) is 2.30. The minimum absolute atomic E-state index is 0.211. The van der Waals surface area contributed by atoms with E-state index < -0.39 is 6.16 Å². The predicted molar refractivity (Wildman–Crippen MR) is 129 cm³/mol. The lowest BCUT2D eigenvalue weighted by molar-refractivity contribution is 0.0948. The van der Waals surface area contributed by atoms with Crippen molar-refractivity contribution in [3.05, 3.63) is 83.4 Å². The second kappa shape index (κ2) is 12.1. The van der Waals surface area contributed by atoms with Crippen LogP contribution in [0.25, 0.3) is 0 Å². The fraction of sp³-hybridized carbons (Fsp3) is 0.192. The molecule has 0 atom stereocenters. The summed E-state index contributed by atoms with van der Waals surface area (Å²) >= 11 is 0. The fourth-order valence-electron chi connectivity index (χ4n) is 3.09. The summed E-state index contributed by atoms with van der Waals surface area (Å²) in [5, 5.41) is 5.64. The van der Waals surface area contributed by atoms with Crippen LogP contribution in [0.4, 0.5) is 10.5 Å². The Balaban J connectivity index is 1.53. The Labute approximate surface area is 203 Å². The minimum Gasteiger partial charge on any atom is -0.493 e. The third kappa shape index (κ3) is 6.97. The molecule has 9 nitrogen and oxygen atoms in total. The lowest BCUT2D eigenvalue weighted by atomic mass is 10.1. The number of methoxy groups -OCH3 is 2. The summed E-state index contributed by atoms with van der Waals surface area (Å²) < 4.78 is 20.1. The van der Waals surface area contributed by atoms with Crippen LogP contribution in [0, 0.1) is 0 Å². The Morgan fingerprint density at radius 3 is 2.06 bits per heavy atom. The van der Waals surface area contributed by atoms with Crippen molar-refractivity contribution < 1.29 is 33.3 Å². The van der Waals surface area contributed by atoms with E-state index in [0.29, 0.717) is 34.9 Å². The molecule has 0 aliphatic carbocycles. The van der Waals surface area contributed by atoms with Gasteiger partial charge >= 0.3 is 6.16 Å². The van der Waals surface area contributed by atoms with Crippen LogP contribution in [0.3, 0.4) is 0 Å². The Morgan fingerprint density at radius 2 is 1.43 bits per heavy atom. The van der Waals surface area contributed by atoms with Gasteiger partial charge in [-0.05, 0) is 67.1 Å². The summed E-state index contributed by atoms with van der Waals surface area (Å²) in [5.74, 6) is 0.726. The van der Waals surface area contributed by atoms with Crippen molar-refractivity contribution in [2.45, 2.75) is 13.5 Å². The smallest absolute Gasteiger partial charge is 0.493 e. The zero-order valence-corrected chi connectivity index (χ0v) is 19.6. The number of hydrogen-bond donors (Lipinski definition) is 2. The molecule has 3 aromatic carbocycles. The normalized spacial score (nSPS) is 10.1. The molecule has 0 aliphatic rings. The summed E-state index contributed by atoms with van der Waals surface area (Å²) in [7, 11) is 3.04. The molecule has 0 unspecified atom stereocenters. The number of carbonyl (C=O) groups excluding carboxylic acids is 3. The molecule has 35 heavy (non-hydrogen) atoms. The van der Waals surface area contributed by atoms with E-state index in [9.17, 15) is 14.4 Å². The van der Waals surface area contributed by atoms with E-state index >= 15 is 0 Å². The summed E-state index contributed by atoms with van der Waals surface area (Å²) in [4.78, 5) is 36.3. The summed E-state index contributed by atoms with van der Waals surface area (Å²) in [6.45, 7) is 2.20. The summed E-state index contributed by atoms with van der Waals surface area (Å²) in [6.07, 6.45) is -0.801. The topological polar surface area (TPSA) is 112 Å². The molecular weight excluding hydrogens is 452 g/mol. The number of ether oxygens (including phenoxy) is 4. The van der Waals surface area contributed by atoms with E-state index in [1.165, 1.54) is 26.4 Å². The van der Waals surface area contributed by atoms with Crippen molar-refractivity contribution in [1.29, 1.82) is 0 Å². The first-order valence-corrected chi connectivity index (χ1v) is 10.8. The van der Waals surface area contributed by atoms with Gasteiger partial charge in [0, 0.05) is 23.4 Å². The van der Waals surface area contributed by atoms with Gasteiger partial charge in [0.2, 0.25) is 0 Å². The molecule has 2 amide bonds. The Morgan fingerprint density at radius 1 is 0.771 bits per heavy atom. The maximum Gasteiger partial charge on any atom is 0.513 e. The van der Waals surface area contributed by atoms with E-state index in [0.717, 1.165) is 5.56 Å². The molecule has 0 radical (unpaired) electrons. The van der Waals surface area contributed by atoms with Crippen molar-refractivity contribution in [3.63, 3.8) is 0 Å². The molecule has 0 saturated carbocycles. The van der Waals surface area contributed by atoms with Gasteiger partial charge in [-0.1, -0.05) is 12.1 Å². The number of benzene rings is 3. The van der Waals surface area contributed by atoms with Gasteiger partial charge in [0.05, 0.1) is 20.8 Å². The highest BCUT2D eigenvalue weighted by molar-refractivity contribution is 6.04. The van der Waals surface area contributed by atoms with Crippen LogP contribution in [0.1, 0.15) is 33.2 Å². The van der Waals surface area contributed by atoms with Gasteiger partial charge in [0.1, 0.15) is 5.75 Å². The molecule has 0 fully saturated rings. The van der Waals surface area contributed by atoms with Crippen LogP contribution in [0.5, 0.6) is 17.2 Å². The Hall–Kier alpha value is -4.53. The van der Waals surface area contributed by atoms with Crippen LogP contribution >= 0.6 is 0 Å². The van der Waals surface area contributed by atoms with Crippen molar-refractivity contribution in [1.82, 2.24) is 5.32 Å². The van der Waals surface area contributed by atoms with Crippen LogP contribution in [-0.4, -0.2) is 38.8 Å². The van der Waals surface area contributed by atoms with Gasteiger partial charge in [-0.15, -0.1) is 0 Å². The molecule has 2 N–H and O–H groups in total. The maximum atomic E-state index is 12.5. The number of nitrogens with one attached hydrogen (secondary N) is 2. The SMILES string of the molecule is CCOC(=O)Oc1ccc(C(=O)Nc2ccc(CNC(=O)c3ccc(OC)c(OC)c3)cc2)cc1. The standard InChI is InChI=1S/C26H26N2O7/c1-4-34-26(31)35-21-12-7-18(8-13-21)25(30)28-20-10-5-17(6-11-20)16-27-24(29)19-9-14-22(32-2)23(15-19)33-3/h5-15H,4,16H2,1-3H3,(H,27,29)(H,28,30). The van der Waals surface area contributed by atoms with Gasteiger partial charge in [0.15, 0.2) is 11.5 Å². The monoisotopic (exact) mass is 478 g/mol. The zero-order valence-electron chi connectivity index (χ0n) is 19.6. The molecule has 0 spiro atoms. The second-order valence-electron chi connectivity index (χ2n) is 7.21. The van der Waals surface area contributed by atoms with E-state index in [1.807, 2.05) is 0 Å². The van der Waals surface area contributed by atoms with Gasteiger partial charge in [-0.25, -0.2) is 4.79 Å². The molecule has 0 saturated heterocycles. The third-order valence-corrected chi connectivity index (χ3v) is 4.89. The van der Waals surface area contributed by atoms with E-state index in [-0.39, 0.29) is 24.2 Å².